The number of hydrogen-bond acceptors (Lipinski definition) is 3. The van der Waals surface area contributed by atoms with Crippen molar-refractivity contribution >= 4 is 5.78 Å². The molecule has 0 aliphatic heterocycles. The van der Waals surface area contributed by atoms with Crippen molar-refractivity contribution in [2.24, 2.45) is 17.3 Å². The van der Waals surface area contributed by atoms with E-state index in [1.165, 1.54) is 17.5 Å². The molecule has 118 valence electrons. The molecule has 4 rings (SSSR count). The summed E-state index contributed by atoms with van der Waals surface area (Å²) in [6.07, 6.45) is 6.03. The van der Waals surface area contributed by atoms with Crippen LogP contribution in [0.1, 0.15) is 56.1 Å². The van der Waals surface area contributed by atoms with Crippen LogP contribution < -0.4 is 4.74 Å². The second-order valence-corrected chi connectivity index (χ2v) is 7.75. The summed E-state index contributed by atoms with van der Waals surface area (Å²) >= 11 is 0. The van der Waals surface area contributed by atoms with E-state index in [-0.39, 0.29) is 11.2 Å². The first-order chi connectivity index (χ1) is 10.5. The number of aryl methyl sites for hydroxylation is 1. The normalized spacial score (nSPS) is 36.5. The van der Waals surface area contributed by atoms with E-state index < -0.39 is 0 Å². The highest BCUT2D eigenvalue weighted by Gasteiger charge is 2.52. The molecule has 3 aliphatic carbocycles. The van der Waals surface area contributed by atoms with Crippen LogP contribution in [-0.2, 0) is 11.2 Å². The Balaban J connectivity index is 1.72. The van der Waals surface area contributed by atoms with Gasteiger partial charge in [-0.3, -0.25) is 4.79 Å². The summed E-state index contributed by atoms with van der Waals surface area (Å²) in [6.45, 7) is 2.32. The number of hydrogen-bond donors (Lipinski definition) is 1. The predicted molar refractivity (Wildman–Crippen MR) is 84.3 cm³/mol. The zero-order valence-corrected chi connectivity index (χ0v) is 13.4. The Hall–Kier alpha value is -1.51. The Kier molecular flexibility index (Phi) is 3.04. The van der Waals surface area contributed by atoms with Crippen molar-refractivity contribution in [3.63, 3.8) is 0 Å². The third-order valence-corrected chi connectivity index (χ3v) is 6.59. The van der Waals surface area contributed by atoms with Gasteiger partial charge in [0.1, 0.15) is 5.78 Å². The first-order valence-electron chi connectivity index (χ1n) is 8.43. The maximum atomic E-state index is 12.0. The summed E-state index contributed by atoms with van der Waals surface area (Å²) in [5, 5.41) is 10.2. The Labute approximate surface area is 131 Å². The van der Waals surface area contributed by atoms with Gasteiger partial charge in [-0.2, -0.15) is 0 Å². The summed E-state index contributed by atoms with van der Waals surface area (Å²) in [4.78, 5) is 12.0. The lowest BCUT2D eigenvalue weighted by Gasteiger charge is -2.48. The molecule has 0 spiro atoms. The molecule has 2 fully saturated rings. The number of rotatable bonds is 1. The molecule has 0 aromatic heterocycles. The third-order valence-electron chi connectivity index (χ3n) is 6.59. The number of methoxy groups -OCH3 is 1. The van der Waals surface area contributed by atoms with E-state index in [1.807, 2.05) is 12.1 Å². The molecular formula is C19H24O3. The van der Waals surface area contributed by atoms with Gasteiger partial charge in [0.15, 0.2) is 11.5 Å². The van der Waals surface area contributed by atoms with E-state index in [0.29, 0.717) is 29.3 Å². The maximum Gasteiger partial charge on any atom is 0.160 e. The molecule has 3 heteroatoms. The van der Waals surface area contributed by atoms with Gasteiger partial charge < -0.3 is 9.84 Å². The minimum absolute atomic E-state index is 0.226. The molecule has 4 atom stereocenters. The van der Waals surface area contributed by atoms with Gasteiger partial charge in [0.2, 0.25) is 0 Å². The van der Waals surface area contributed by atoms with Gasteiger partial charge in [-0.05, 0) is 72.1 Å². The van der Waals surface area contributed by atoms with Crippen LogP contribution in [-0.4, -0.2) is 18.0 Å². The molecule has 0 radical (unpaired) electrons. The zero-order valence-electron chi connectivity index (χ0n) is 13.4. The fourth-order valence-electron chi connectivity index (χ4n) is 5.53. The van der Waals surface area contributed by atoms with Crippen molar-refractivity contribution in [1.29, 1.82) is 0 Å². The largest absolute Gasteiger partial charge is 0.504 e. The van der Waals surface area contributed by atoms with Crippen LogP contribution in [0, 0.1) is 17.3 Å². The van der Waals surface area contributed by atoms with Gasteiger partial charge in [-0.25, -0.2) is 0 Å². The van der Waals surface area contributed by atoms with Crippen LogP contribution in [0.3, 0.4) is 0 Å². The first kappa shape index (κ1) is 14.1. The van der Waals surface area contributed by atoms with Crippen LogP contribution in [0.25, 0.3) is 0 Å². The molecule has 1 aromatic carbocycles. The molecule has 0 saturated heterocycles. The SMILES string of the molecule is COc1cc2c(cc1O)[C@H]1CC[C@]3(C)CC(=O)C[C@H]3[C@@H]1CC2. The number of phenols is 1. The highest BCUT2D eigenvalue weighted by Crippen LogP contribution is 2.60. The van der Waals surface area contributed by atoms with E-state index in [4.69, 9.17) is 4.74 Å². The summed E-state index contributed by atoms with van der Waals surface area (Å²) in [5.74, 6) is 2.93. The van der Waals surface area contributed by atoms with Gasteiger partial charge in [0.25, 0.3) is 0 Å². The van der Waals surface area contributed by atoms with Crippen LogP contribution in [0.4, 0.5) is 0 Å². The highest BCUT2D eigenvalue weighted by atomic mass is 16.5. The number of aromatic hydroxyl groups is 1. The monoisotopic (exact) mass is 300 g/mol. The number of fused-ring (bicyclic) bond motifs is 5. The minimum atomic E-state index is 0.226. The van der Waals surface area contributed by atoms with Crippen LogP contribution >= 0.6 is 0 Å². The lowest BCUT2D eigenvalue weighted by Crippen LogP contribution is -2.39. The van der Waals surface area contributed by atoms with Crippen LogP contribution in [0.5, 0.6) is 11.5 Å². The quantitative estimate of drug-likeness (QED) is 0.857. The average Bonchev–Trinajstić information content (AvgIpc) is 2.80. The lowest BCUT2D eigenvalue weighted by molar-refractivity contribution is -0.118. The van der Waals surface area contributed by atoms with E-state index in [9.17, 15) is 9.90 Å². The number of phenolic OH excluding ortho intramolecular Hbond substituents is 1. The summed E-state index contributed by atoms with van der Waals surface area (Å²) in [7, 11) is 1.60. The molecule has 0 amide bonds. The Bertz CT molecular complexity index is 636. The number of benzene rings is 1. The predicted octanol–water partition coefficient (Wildman–Crippen LogP) is 3.83. The van der Waals surface area contributed by atoms with Gasteiger partial charge in [0, 0.05) is 12.8 Å². The molecule has 1 aromatic rings. The number of Topliss-reactive ketones (excluding diaryl/α,β-unsaturated/α-hetero) is 1. The molecule has 0 heterocycles. The van der Waals surface area contributed by atoms with E-state index in [2.05, 4.69) is 6.92 Å². The fraction of sp³-hybridized carbons (Fsp3) is 0.632. The second kappa shape index (κ2) is 4.74. The van der Waals surface area contributed by atoms with Gasteiger partial charge in [-0.15, -0.1) is 0 Å². The molecule has 1 N–H and O–H groups in total. The van der Waals surface area contributed by atoms with E-state index in [1.54, 1.807) is 7.11 Å². The van der Waals surface area contributed by atoms with Crippen molar-refractivity contribution in [3.8, 4) is 11.5 Å². The van der Waals surface area contributed by atoms with E-state index in [0.717, 1.165) is 32.1 Å². The molecular weight excluding hydrogens is 276 g/mol. The first-order valence-corrected chi connectivity index (χ1v) is 8.43. The van der Waals surface area contributed by atoms with Crippen molar-refractivity contribution in [2.75, 3.05) is 7.11 Å². The van der Waals surface area contributed by atoms with Crippen LogP contribution in [0.2, 0.25) is 0 Å². The molecule has 0 bridgehead atoms. The average molecular weight is 300 g/mol. The Morgan fingerprint density at radius 1 is 1.32 bits per heavy atom. The summed E-state index contributed by atoms with van der Waals surface area (Å²) in [5.41, 5.74) is 2.85. The molecule has 3 aliphatic rings. The standard InChI is InChI=1S/C19H24O3/c1-19-6-5-13-14(16(19)8-12(20)10-19)4-3-11-7-18(22-2)17(21)9-15(11)13/h7,9,13-14,16,21H,3-6,8,10H2,1-2H3/t13-,14+,16-,19+/m0/s1. The lowest BCUT2D eigenvalue weighted by atomic mass is 9.56. The van der Waals surface area contributed by atoms with Gasteiger partial charge in [0.05, 0.1) is 7.11 Å². The topological polar surface area (TPSA) is 46.5 Å². The number of carbonyl (C=O) groups excluding carboxylic acids is 1. The smallest absolute Gasteiger partial charge is 0.160 e. The number of carbonyl (C=O) groups is 1. The summed E-state index contributed by atoms with van der Waals surface area (Å²) < 4.78 is 5.25. The Morgan fingerprint density at radius 3 is 2.91 bits per heavy atom. The molecule has 0 unspecified atom stereocenters. The number of ketones is 1. The van der Waals surface area contributed by atoms with E-state index >= 15 is 0 Å². The van der Waals surface area contributed by atoms with Crippen molar-refractivity contribution in [3.05, 3.63) is 23.3 Å². The Morgan fingerprint density at radius 2 is 2.14 bits per heavy atom. The number of ether oxygens (including phenoxy) is 1. The van der Waals surface area contributed by atoms with Gasteiger partial charge >= 0.3 is 0 Å². The minimum Gasteiger partial charge on any atom is -0.504 e. The molecule has 3 nitrogen and oxygen atoms in total. The van der Waals surface area contributed by atoms with Crippen LogP contribution in [0.15, 0.2) is 12.1 Å². The second-order valence-electron chi connectivity index (χ2n) is 7.75. The fourth-order valence-corrected chi connectivity index (χ4v) is 5.53. The zero-order chi connectivity index (χ0) is 15.5. The maximum absolute atomic E-state index is 12.0. The van der Waals surface area contributed by atoms with Crippen molar-refractivity contribution < 1.29 is 14.6 Å². The summed E-state index contributed by atoms with van der Waals surface area (Å²) in [6, 6.07) is 3.93. The van der Waals surface area contributed by atoms with Gasteiger partial charge in [-0.1, -0.05) is 6.92 Å². The highest BCUT2D eigenvalue weighted by molar-refractivity contribution is 5.82. The van der Waals surface area contributed by atoms with Crippen molar-refractivity contribution in [2.45, 2.75) is 51.4 Å². The molecule has 2 saturated carbocycles. The van der Waals surface area contributed by atoms with Crippen molar-refractivity contribution in [1.82, 2.24) is 0 Å². The molecule has 22 heavy (non-hydrogen) atoms. The third kappa shape index (κ3) is 1.90.